The van der Waals surface area contributed by atoms with E-state index < -0.39 is 0 Å². The van der Waals surface area contributed by atoms with Crippen LogP contribution >= 0.6 is 15.9 Å². The highest BCUT2D eigenvalue weighted by Gasteiger charge is 2.20. The summed E-state index contributed by atoms with van der Waals surface area (Å²) in [5, 5.41) is 0. The Kier molecular flexibility index (Phi) is 3.26. The molecule has 0 bridgehead atoms. The molecule has 1 saturated heterocycles. The highest BCUT2D eigenvalue weighted by atomic mass is 79.9. The average molecular weight is 260 g/mol. The molecule has 78 valence electrons. The van der Waals surface area contributed by atoms with Crippen LogP contribution in [0.2, 0.25) is 0 Å². The van der Waals surface area contributed by atoms with E-state index in [4.69, 9.17) is 9.15 Å². The molecule has 0 amide bonds. The predicted molar refractivity (Wildman–Crippen MR) is 57.2 cm³/mol. The molecule has 0 radical (unpaired) electrons. The van der Waals surface area contributed by atoms with Crippen molar-refractivity contribution in [2.75, 3.05) is 26.3 Å². The van der Waals surface area contributed by atoms with E-state index in [1.54, 1.807) is 0 Å². The van der Waals surface area contributed by atoms with Crippen LogP contribution in [0.3, 0.4) is 0 Å². The van der Waals surface area contributed by atoms with E-state index in [0.717, 1.165) is 36.7 Å². The largest absolute Gasteiger partial charge is 0.453 e. The van der Waals surface area contributed by atoms with Crippen molar-refractivity contribution < 1.29 is 9.15 Å². The highest BCUT2D eigenvalue weighted by Crippen LogP contribution is 2.25. The molecule has 1 unspecified atom stereocenters. The Bertz CT molecular complexity index is 294. The maximum atomic E-state index is 5.53. The van der Waals surface area contributed by atoms with Gasteiger partial charge in [-0.15, -0.1) is 0 Å². The molecular formula is C10H14BrNO2. The first-order chi connectivity index (χ1) is 6.77. The molecule has 0 aromatic carbocycles. The number of morpholine rings is 1. The van der Waals surface area contributed by atoms with E-state index in [9.17, 15) is 0 Å². The van der Waals surface area contributed by atoms with Crippen LogP contribution in [-0.4, -0.2) is 31.2 Å². The summed E-state index contributed by atoms with van der Waals surface area (Å²) in [4.78, 5) is 2.37. The molecule has 1 aliphatic rings. The maximum absolute atomic E-state index is 5.53. The first kappa shape index (κ1) is 10.2. The van der Waals surface area contributed by atoms with Gasteiger partial charge in [-0.2, -0.15) is 0 Å². The van der Waals surface area contributed by atoms with Gasteiger partial charge >= 0.3 is 0 Å². The van der Waals surface area contributed by atoms with Gasteiger partial charge in [0.05, 0.1) is 19.3 Å². The molecule has 14 heavy (non-hydrogen) atoms. The minimum Gasteiger partial charge on any atom is -0.453 e. The Morgan fingerprint density at radius 3 is 2.64 bits per heavy atom. The Hall–Kier alpha value is -0.320. The SMILES string of the molecule is CC(c1ccc(Br)o1)N1CCOCC1. The van der Waals surface area contributed by atoms with Crippen LogP contribution in [0, 0.1) is 0 Å². The lowest BCUT2D eigenvalue weighted by Gasteiger charge is -2.30. The van der Waals surface area contributed by atoms with Crippen molar-refractivity contribution in [3.63, 3.8) is 0 Å². The smallest absolute Gasteiger partial charge is 0.169 e. The van der Waals surface area contributed by atoms with Crippen molar-refractivity contribution in [2.24, 2.45) is 0 Å². The Labute approximate surface area is 92.2 Å². The number of halogens is 1. The molecule has 3 nitrogen and oxygen atoms in total. The summed E-state index contributed by atoms with van der Waals surface area (Å²) in [6, 6.07) is 4.29. The van der Waals surface area contributed by atoms with Gasteiger partial charge < -0.3 is 9.15 Å². The van der Waals surface area contributed by atoms with Crippen LogP contribution < -0.4 is 0 Å². The first-order valence-corrected chi connectivity index (χ1v) is 5.63. The van der Waals surface area contributed by atoms with Gasteiger partial charge in [0, 0.05) is 13.1 Å². The van der Waals surface area contributed by atoms with E-state index in [-0.39, 0.29) is 0 Å². The molecule has 1 atom stereocenters. The molecule has 2 rings (SSSR count). The van der Waals surface area contributed by atoms with Crippen molar-refractivity contribution >= 4 is 15.9 Å². The molecule has 0 spiro atoms. The first-order valence-electron chi connectivity index (χ1n) is 4.84. The summed E-state index contributed by atoms with van der Waals surface area (Å²) in [7, 11) is 0. The van der Waals surface area contributed by atoms with E-state index in [1.165, 1.54) is 0 Å². The van der Waals surface area contributed by atoms with Gasteiger partial charge in [-0.05, 0) is 35.0 Å². The van der Waals surface area contributed by atoms with Crippen molar-refractivity contribution in [3.8, 4) is 0 Å². The monoisotopic (exact) mass is 259 g/mol. The second-order valence-corrected chi connectivity index (χ2v) is 4.25. The van der Waals surface area contributed by atoms with Gasteiger partial charge in [-0.3, -0.25) is 4.90 Å². The fraction of sp³-hybridized carbons (Fsp3) is 0.600. The minimum absolute atomic E-state index is 0.338. The molecule has 2 heterocycles. The molecule has 1 aromatic heterocycles. The molecular weight excluding hydrogens is 246 g/mol. The Morgan fingerprint density at radius 2 is 2.07 bits per heavy atom. The fourth-order valence-corrected chi connectivity index (χ4v) is 2.02. The Balaban J connectivity index is 2.03. The summed E-state index contributed by atoms with van der Waals surface area (Å²) in [6.07, 6.45) is 0. The summed E-state index contributed by atoms with van der Waals surface area (Å²) >= 11 is 3.31. The molecule has 0 aliphatic carbocycles. The van der Waals surface area contributed by atoms with Crippen LogP contribution in [-0.2, 0) is 4.74 Å². The summed E-state index contributed by atoms with van der Waals surface area (Å²) in [5.74, 6) is 1.01. The van der Waals surface area contributed by atoms with Crippen LogP contribution in [0.1, 0.15) is 18.7 Å². The van der Waals surface area contributed by atoms with Crippen LogP contribution in [0.15, 0.2) is 21.2 Å². The van der Waals surface area contributed by atoms with Gasteiger partial charge in [0.15, 0.2) is 4.67 Å². The van der Waals surface area contributed by atoms with Gasteiger partial charge in [-0.1, -0.05) is 0 Å². The lowest BCUT2D eigenvalue weighted by atomic mass is 10.2. The number of hydrogen-bond acceptors (Lipinski definition) is 3. The van der Waals surface area contributed by atoms with Crippen molar-refractivity contribution in [2.45, 2.75) is 13.0 Å². The van der Waals surface area contributed by atoms with Gasteiger partial charge in [0.25, 0.3) is 0 Å². The molecule has 1 fully saturated rings. The minimum atomic E-state index is 0.338. The zero-order chi connectivity index (χ0) is 9.97. The van der Waals surface area contributed by atoms with Crippen LogP contribution in [0.5, 0.6) is 0 Å². The zero-order valence-corrected chi connectivity index (χ0v) is 9.79. The molecule has 1 aliphatic heterocycles. The third kappa shape index (κ3) is 2.19. The second-order valence-electron chi connectivity index (χ2n) is 3.47. The molecule has 0 saturated carbocycles. The molecule has 1 aromatic rings. The predicted octanol–water partition coefficient (Wildman–Crippen LogP) is 2.44. The van der Waals surface area contributed by atoms with Gasteiger partial charge in [0.2, 0.25) is 0 Å². The van der Waals surface area contributed by atoms with E-state index in [0.29, 0.717) is 6.04 Å². The number of hydrogen-bond donors (Lipinski definition) is 0. The normalized spacial score (nSPS) is 21.0. The third-order valence-corrected chi connectivity index (χ3v) is 3.03. The zero-order valence-electron chi connectivity index (χ0n) is 8.20. The number of furan rings is 1. The van der Waals surface area contributed by atoms with Gasteiger partial charge in [0.1, 0.15) is 5.76 Å². The highest BCUT2D eigenvalue weighted by molar-refractivity contribution is 9.10. The van der Waals surface area contributed by atoms with E-state index in [2.05, 4.69) is 27.8 Å². The van der Waals surface area contributed by atoms with Crippen molar-refractivity contribution in [3.05, 3.63) is 22.6 Å². The second kappa shape index (κ2) is 4.47. The summed E-state index contributed by atoms with van der Waals surface area (Å²) in [5.41, 5.74) is 0. The standard InChI is InChI=1S/C10H14BrNO2/c1-8(9-2-3-10(11)14-9)12-4-6-13-7-5-12/h2-3,8H,4-7H2,1H3. The van der Waals surface area contributed by atoms with Crippen molar-refractivity contribution in [1.82, 2.24) is 4.90 Å². The van der Waals surface area contributed by atoms with Crippen LogP contribution in [0.25, 0.3) is 0 Å². The lowest BCUT2D eigenvalue weighted by molar-refractivity contribution is 0.0155. The summed E-state index contributed by atoms with van der Waals surface area (Å²) < 4.78 is 11.6. The summed E-state index contributed by atoms with van der Waals surface area (Å²) in [6.45, 7) is 5.79. The fourth-order valence-electron chi connectivity index (χ4n) is 1.70. The lowest BCUT2D eigenvalue weighted by Crippen LogP contribution is -2.37. The Morgan fingerprint density at radius 1 is 1.36 bits per heavy atom. The molecule has 4 heteroatoms. The molecule has 0 N–H and O–H groups in total. The topological polar surface area (TPSA) is 25.6 Å². The van der Waals surface area contributed by atoms with Crippen molar-refractivity contribution in [1.29, 1.82) is 0 Å². The van der Waals surface area contributed by atoms with Gasteiger partial charge in [-0.25, -0.2) is 0 Å². The van der Waals surface area contributed by atoms with E-state index in [1.807, 2.05) is 12.1 Å². The van der Waals surface area contributed by atoms with Crippen LogP contribution in [0.4, 0.5) is 0 Å². The maximum Gasteiger partial charge on any atom is 0.169 e. The third-order valence-electron chi connectivity index (χ3n) is 2.60. The number of nitrogens with zero attached hydrogens (tertiary/aromatic N) is 1. The average Bonchev–Trinajstić information content (AvgIpc) is 2.65. The number of rotatable bonds is 2. The number of ether oxygens (including phenoxy) is 1. The quantitative estimate of drug-likeness (QED) is 0.816. The van der Waals surface area contributed by atoms with E-state index >= 15 is 0 Å².